The molecule has 1 aliphatic carbocycles. The van der Waals surface area contributed by atoms with Gasteiger partial charge in [0.1, 0.15) is 5.69 Å². The number of fused-ring (bicyclic) bond motifs is 3. The summed E-state index contributed by atoms with van der Waals surface area (Å²) in [5.74, 6) is 0. The number of hydrogen-bond donors (Lipinski definition) is 1. The first-order valence-corrected chi connectivity index (χ1v) is 5.82. The molecule has 2 N–H and O–H groups in total. The molecule has 1 aliphatic rings. The van der Waals surface area contributed by atoms with Gasteiger partial charge in [-0.25, -0.2) is 0 Å². The minimum absolute atomic E-state index is 0.00884. The molecule has 0 saturated heterocycles. The van der Waals surface area contributed by atoms with E-state index in [1.807, 2.05) is 18.2 Å². The summed E-state index contributed by atoms with van der Waals surface area (Å²) in [4.78, 5) is 10.5. The normalized spacial score (nSPS) is 12.7. The molecular formula is C14H12N2O2. The van der Waals surface area contributed by atoms with Crippen LogP contribution >= 0.6 is 0 Å². The van der Waals surface area contributed by atoms with Crippen LogP contribution in [0.3, 0.4) is 0 Å². The van der Waals surface area contributed by atoms with Crippen LogP contribution in [0.15, 0.2) is 36.4 Å². The Morgan fingerprint density at radius 1 is 1.06 bits per heavy atom. The maximum atomic E-state index is 10.9. The van der Waals surface area contributed by atoms with Crippen LogP contribution in [0.2, 0.25) is 0 Å². The maximum absolute atomic E-state index is 10.9. The quantitative estimate of drug-likeness (QED) is 0.473. The molecule has 0 fully saturated rings. The Morgan fingerprint density at radius 3 is 2.56 bits per heavy atom. The van der Waals surface area contributed by atoms with Crippen molar-refractivity contribution in [2.75, 3.05) is 5.73 Å². The second-order valence-corrected chi connectivity index (χ2v) is 4.48. The van der Waals surface area contributed by atoms with Crippen LogP contribution in [0.4, 0.5) is 11.4 Å². The molecule has 4 heteroatoms. The third-order valence-electron chi connectivity index (χ3n) is 3.42. The lowest BCUT2D eigenvalue weighted by atomic mass is 9.85. The highest BCUT2D eigenvalue weighted by atomic mass is 16.6. The third-order valence-corrected chi connectivity index (χ3v) is 3.42. The molecule has 0 atom stereocenters. The predicted molar refractivity (Wildman–Crippen MR) is 70.4 cm³/mol. The van der Waals surface area contributed by atoms with Gasteiger partial charge in [0, 0.05) is 6.07 Å². The van der Waals surface area contributed by atoms with E-state index >= 15 is 0 Å². The molecule has 0 bridgehead atoms. The maximum Gasteiger partial charge on any atom is 0.292 e. The SMILES string of the molecule is Nc1cc2c(cc1[N+](=O)[O-])-c1ccccc1CC2. The Hall–Kier alpha value is -2.36. The van der Waals surface area contributed by atoms with Crippen LogP contribution in [0.1, 0.15) is 11.1 Å². The summed E-state index contributed by atoms with van der Waals surface area (Å²) in [5, 5.41) is 10.9. The molecule has 0 amide bonds. The van der Waals surface area contributed by atoms with Gasteiger partial charge in [0.05, 0.1) is 4.92 Å². The number of hydrogen-bond acceptors (Lipinski definition) is 3. The Kier molecular flexibility index (Phi) is 2.30. The molecule has 2 aromatic rings. The van der Waals surface area contributed by atoms with E-state index in [4.69, 9.17) is 5.73 Å². The zero-order valence-electron chi connectivity index (χ0n) is 9.72. The predicted octanol–water partition coefficient (Wildman–Crippen LogP) is 2.94. The minimum atomic E-state index is -0.424. The van der Waals surface area contributed by atoms with Gasteiger partial charge < -0.3 is 5.73 Å². The van der Waals surface area contributed by atoms with Crippen molar-refractivity contribution in [1.29, 1.82) is 0 Å². The number of benzene rings is 2. The van der Waals surface area contributed by atoms with Crippen molar-refractivity contribution in [3.63, 3.8) is 0 Å². The number of nitrogens with zero attached hydrogens (tertiary/aromatic N) is 1. The largest absolute Gasteiger partial charge is 0.393 e. The van der Waals surface area contributed by atoms with Gasteiger partial charge in [-0.15, -0.1) is 0 Å². The molecule has 0 saturated carbocycles. The fourth-order valence-electron chi connectivity index (χ4n) is 2.54. The highest BCUT2D eigenvalue weighted by Gasteiger charge is 2.21. The van der Waals surface area contributed by atoms with Gasteiger partial charge in [-0.05, 0) is 41.2 Å². The first-order chi connectivity index (χ1) is 8.66. The van der Waals surface area contributed by atoms with E-state index in [2.05, 4.69) is 6.07 Å². The summed E-state index contributed by atoms with van der Waals surface area (Å²) in [6.45, 7) is 0. The molecule has 0 aliphatic heterocycles. The molecular weight excluding hydrogens is 228 g/mol. The van der Waals surface area contributed by atoms with E-state index in [1.165, 1.54) is 5.56 Å². The number of rotatable bonds is 1. The first-order valence-electron chi connectivity index (χ1n) is 5.82. The Morgan fingerprint density at radius 2 is 1.78 bits per heavy atom. The monoisotopic (exact) mass is 240 g/mol. The van der Waals surface area contributed by atoms with E-state index < -0.39 is 4.92 Å². The fraction of sp³-hybridized carbons (Fsp3) is 0.143. The van der Waals surface area contributed by atoms with E-state index in [0.717, 1.165) is 29.5 Å². The van der Waals surface area contributed by atoms with E-state index in [1.54, 1.807) is 12.1 Å². The second-order valence-electron chi connectivity index (χ2n) is 4.48. The highest BCUT2D eigenvalue weighted by molar-refractivity contribution is 5.79. The lowest BCUT2D eigenvalue weighted by molar-refractivity contribution is -0.383. The molecule has 3 rings (SSSR count). The molecule has 2 aromatic carbocycles. The van der Waals surface area contributed by atoms with Crippen LogP contribution in [0, 0.1) is 10.1 Å². The standard InChI is InChI=1S/C14H12N2O2/c15-13-7-10-6-5-9-3-1-2-4-11(9)12(10)8-14(13)16(17)18/h1-4,7-8H,5-6,15H2. The number of nitro groups is 1. The molecule has 0 unspecified atom stereocenters. The van der Waals surface area contributed by atoms with Crippen molar-refractivity contribution in [1.82, 2.24) is 0 Å². The zero-order chi connectivity index (χ0) is 12.7. The Bertz CT molecular complexity index is 650. The van der Waals surface area contributed by atoms with E-state index in [-0.39, 0.29) is 11.4 Å². The molecule has 4 nitrogen and oxygen atoms in total. The molecule has 0 spiro atoms. The molecule has 0 radical (unpaired) electrons. The molecule has 0 heterocycles. The van der Waals surface area contributed by atoms with Crippen molar-refractivity contribution in [2.45, 2.75) is 12.8 Å². The summed E-state index contributed by atoms with van der Waals surface area (Å²) in [5.41, 5.74) is 10.3. The van der Waals surface area contributed by atoms with Gasteiger partial charge in [0.2, 0.25) is 0 Å². The third kappa shape index (κ3) is 1.54. The van der Waals surface area contributed by atoms with Gasteiger partial charge >= 0.3 is 0 Å². The topological polar surface area (TPSA) is 69.2 Å². The van der Waals surface area contributed by atoms with Gasteiger partial charge in [0.25, 0.3) is 5.69 Å². The molecule has 90 valence electrons. The van der Waals surface area contributed by atoms with Crippen molar-refractivity contribution in [2.24, 2.45) is 0 Å². The number of nitrogens with two attached hydrogens (primary N) is 1. The first kappa shape index (κ1) is 10.8. The van der Waals surface area contributed by atoms with Gasteiger partial charge in [-0.2, -0.15) is 0 Å². The van der Waals surface area contributed by atoms with Crippen molar-refractivity contribution >= 4 is 11.4 Å². The van der Waals surface area contributed by atoms with Crippen molar-refractivity contribution in [3.05, 3.63) is 57.6 Å². The van der Waals surface area contributed by atoms with Crippen LogP contribution in [-0.4, -0.2) is 4.92 Å². The van der Waals surface area contributed by atoms with Crippen LogP contribution < -0.4 is 5.73 Å². The van der Waals surface area contributed by atoms with Gasteiger partial charge in [-0.3, -0.25) is 10.1 Å². The minimum Gasteiger partial charge on any atom is -0.393 e. The van der Waals surface area contributed by atoms with Gasteiger partial charge in [0.15, 0.2) is 0 Å². The summed E-state index contributed by atoms with van der Waals surface area (Å²) >= 11 is 0. The lowest BCUT2D eigenvalue weighted by Gasteiger charge is -2.19. The zero-order valence-corrected chi connectivity index (χ0v) is 9.72. The van der Waals surface area contributed by atoms with Crippen molar-refractivity contribution in [3.8, 4) is 11.1 Å². The fourth-order valence-corrected chi connectivity index (χ4v) is 2.54. The number of anilines is 1. The number of aryl methyl sites for hydroxylation is 2. The summed E-state index contributed by atoms with van der Waals surface area (Å²) in [7, 11) is 0. The lowest BCUT2D eigenvalue weighted by Crippen LogP contribution is -2.06. The van der Waals surface area contributed by atoms with E-state index in [9.17, 15) is 10.1 Å². The number of nitrogen functional groups attached to an aromatic ring is 1. The molecule has 18 heavy (non-hydrogen) atoms. The molecule has 0 aromatic heterocycles. The average Bonchev–Trinajstić information content (AvgIpc) is 2.37. The van der Waals surface area contributed by atoms with Crippen LogP contribution in [-0.2, 0) is 12.8 Å². The Balaban J connectivity index is 2.26. The van der Waals surface area contributed by atoms with E-state index in [0.29, 0.717) is 0 Å². The Labute approximate surface area is 104 Å². The van der Waals surface area contributed by atoms with Crippen LogP contribution in [0.25, 0.3) is 11.1 Å². The summed E-state index contributed by atoms with van der Waals surface area (Å²) in [6.07, 6.45) is 1.84. The summed E-state index contributed by atoms with van der Waals surface area (Å²) in [6, 6.07) is 11.4. The smallest absolute Gasteiger partial charge is 0.292 e. The highest BCUT2D eigenvalue weighted by Crippen LogP contribution is 2.38. The van der Waals surface area contributed by atoms with Gasteiger partial charge in [-0.1, -0.05) is 24.3 Å². The average molecular weight is 240 g/mol. The second kappa shape index (κ2) is 3.84. The van der Waals surface area contributed by atoms with Crippen molar-refractivity contribution < 1.29 is 4.92 Å². The van der Waals surface area contributed by atoms with Crippen LogP contribution in [0.5, 0.6) is 0 Å². The summed E-state index contributed by atoms with van der Waals surface area (Å²) < 4.78 is 0. The number of nitro benzene ring substituents is 1.